The average molecular weight is 515 g/mol. The molecule has 182 valence electrons. The van der Waals surface area contributed by atoms with Gasteiger partial charge in [-0.05, 0) is 47.6 Å². The smallest absolute Gasteiger partial charge is 0.358 e. The van der Waals surface area contributed by atoms with Gasteiger partial charge in [-0.3, -0.25) is 0 Å². The molecule has 0 saturated carbocycles. The summed E-state index contributed by atoms with van der Waals surface area (Å²) in [6.45, 7) is 4.64. The summed E-state index contributed by atoms with van der Waals surface area (Å²) in [5.41, 5.74) is 12.2. The molecule has 0 N–H and O–H groups in total. The zero-order chi connectivity index (χ0) is 22.6. The van der Waals surface area contributed by atoms with Gasteiger partial charge in [0.05, 0.1) is 0 Å². The van der Waals surface area contributed by atoms with Crippen molar-refractivity contribution in [2.45, 2.75) is 52.4 Å². The van der Waals surface area contributed by atoms with Gasteiger partial charge in [-0.1, -0.05) is 85.0 Å². The van der Waals surface area contributed by atoms with Crippen LogP contribution in [0.25, 0.3) is 43.1 Å². The summed E-state index contributed by atoms with van der Waals surface area (Å²) in [7, 11) is 0. The van der Waals surface area contributed by atoms with E-state index in [9.17, 15) is 0 Å². The largest absolute Gasteiger partial charge is 4.00 e. The van der Waals surface area contributed by atoms with Crippen molar-refractivity contribution in [1.29, 1.82) is 0 Å². The van der Waals surface area contributed by atoms with E-state index in [1.165, 1.54) is 91.0 Å². The zero-order valence-corrected chi connectivity index (χ0v) is 24.1. The average Bonchev–Trinajstić information content (AvgIpc) is 3.60. The van der Waals surface area contributed by atoms with Gasteiger partial charge >= 0.3 is 21.7 Å². The Morgan fingerprint density at radius 1 is 0.541 bits per heavy atom. The maximum Gasteiger partial charge on any atom is 4.00 e. The number of benzene rings is 4. The molecule has 0 nitrogen and oxygen atoms in total. The minimum absolute atomic E-state index is 0. The van der Waals surface area contributed by atoms with E-state index in [-0.39, 0.29) is 36.6 Å². The van der Waals surface area contributed by atoms with Crippen LogP contribution in [-0.2, 0) is 60.2 Å². The molecule has 6 aromatic carbocycles. The van der Waals surface area contributed by atoms with Crippen LogP contribution in [0.4, 0.5) is 0 Å². The maximum absolute atomic E-state index is 2.53. The Balaban J connectivity index is 0.000000934. The molecule has 0 saturated heterocycles. The van der Waals surface area contributed by atoms with Gasteiger partial charge in [-0.15, -0.1) is 55.9 Å². The van der Waals surface area contributed by atoms with Crippen LogP contribution >= 0.6 is 0 Å². The predicted molar refractivity (Wildman–Crippen MR) is 159 cm³/mol. The Labute approximate surface area is 236 Å². The summed E-state index contributed by atoms with van der Waals surface area (Å²) in [6.07, 6.45) is 7.02. The van der Waals surface area contributed by atoms with Crippen molar-refractivity contribution >= 4 is 43.1 Å². The van der Waals surface area contributed by atoms with Crippen molar-refractivity contribution in [1.82, 2.24) is 0 Å². The van der Waals surface area contributed by atoms with Gasteiger partial charge in [0.1, 0.15) is 0 Å². The van der Waals surface area contributed by atoms with Gasteiger partial charge in [-0.2, -0.15) is 12.1 Å². The molecule has 0 atom stereocenters. The Morgan fingerprint density at radius 2 is 0.946 bits per heavy atom. The monoisotopic (exact) mass is 514 g/mol. The van der Waals surface area contributed by atoms with Gasteiger partial charge in [0, 0.05) is 0 Å². The van der Waals surface area contributed by atoms with Crippen molar-refractivity contribution in [2.75, 3.05) is 0 Å². The molecule has 2 aliphatic rings. The molecule has 0 radical (unpaired) electrons. The quantitative estimate of drug-likeness (QED) is 0.163. The van der Waals surface area contributed by atoms with Gasteiger partial charge < -0.3 is 14.9 Å². The van der Waals surface area contributed by atoms with Crippen LogP contribution in [0.3, 0.4) is 0 Å². The minimum Gasteiger partial charge on any atom is -0.358 e. The Bertz CT molecular complexity index is 1690. The SMILES string of the molecule is Cc1cc2c3cccc4c3c(cc2[c-]1CC[c-]1c(C)cc2c3cccc5c3c(cc21)CC5)CC4.[CH3-].[CH3-].[Ti+4]. The van der Waals surface area contributed by atoms with E-state index in [0.29, 0.717) is 0 Å². The predicted octanol–water partition coefficient (Wildman–Crippen LogP) is 9.23. The van der Waals surface area contributed by atoms with E-state index in [0.717, 1.165) is 12.8 Å². The number of aryl methyl sites for hydroxylation is 8. The third-order valence-corrected chi connectivity index (χ3v) is 9.02. The van der Waals surface area contributed by atoms with E-state index in [1.54, 1.807) is 22.3 Å². The van der Waals surface area contributed by atoms with E-state index in [2.05, 4.69) is 74.5 Å². The minimum atomic E-state index is 0. The molecular weight excluding hydrogens is 480 g/mol. The molecule has 6 aromatic rings. The second-order valence-corrected chi connectivity index (χ2v) is 10.8. The summed E-state index contributed by atoms with van der Waals surface area (Å²) < 4.78 is 0. The molecule has 0 spiro atoms. The van der Waals surface area contributed by atoms with Crippen LogP contribution in [0.1, 0.15) is 44.5 Å². The molecular formula is C36H34Ti. The third-order valence-electron chi connectivity index (χ3n) is 9.02. The molecule has 1 heteroatoms. The number of rotatable bonds is 3. The molecule has 0 amide bonds. The first-order chi connectivity index (χ1) is 16.7. The summed E-state index contributed by atoms with van der Waals surface area (Å²) in [6, 6.07) is 23.8. The second-order valence-electron chi connectivity index (χ2n) is 10.8. The van der Waals surface area contributed by atoms with Crippen LogP contribution in [0, 0.1) is 28.7 Å². The first-order valence-corrected chi connectivity index (χ1v) is 12.9. The summed E-state index contributed by atoms with van der Waals surface area (Å²) in [5.74, 6) is 0. The van der Waals surface area contributed by atoms with Gasteiger partial charge in [-0.25, -0.2) is 0 Å². The molecule has 0 heterocycles. The maximum atomic E-state index is 2.53. The molecule has 0 unspecified atom stereocenters. The molecule has 8 rings (SSSR count). The summed E-state index contributed by atoms with van der Waals surface area (Å²) >= 11 is 0. The van der Waals surface area contributed by atoms with E-state index in [1.807, 2.05) is 0 Å². The van der Waals surface area contributed by atoms with Crippen LogP contribution in [0.2, 0.25) is 0 Å². The third kappa shape index (κ3) is 3.53. The zero-order valence-electron chi connectivity index (χ0n) is 22.5. The van der Waals surface area contributed by atoms with Crippen molar-refractivity contribution in [3.05, 3.63) is 120 Å². The topological polar surface area (TPSA) is 0 Å². The van der Waals surface area contributed by atoms with Crippen molar-refractivity contribution in [2.24, 2.45) is 0 Å². The molecule has 2 aliphatic carbocycles. The van der Waals surface area contributed by atoms with Gasteiger partial charge in [0.25, 0.3) is 0 Å². The van der Waals surface area contributed by atoms with Crippen molar-refractivity contribution in [3.63, 3.8) is 0 Å². The molecule has 0 aliphatic heterocycles. The summed E-state index contributed by atoms with van der Waals surface area (Å²) in [5, 5.41) is 11.9. The van der Waals surface area contributed by atoms with Crippen LogP contribution in [0.15, 0.2) is 60.7 Å². The fourth-order valence-electron chi connectivity index (χ4n) is 7.45. The normalized spacial score (nSPS) is 13.4. The number of hydrogen-bond donors (Lipinski definition) is 0. The molecule has 0 fully saturated rings. The van der Waals surface area contributed by atoms with Crippen LogP contribution < -0.4 is 0 Å². The number of fused-ring (bicyclic) bond motifs is 4. The first kappa shape index (κ1) is 26.0. The Hall–Kier alpha value is -2.67. The van der Waals surface area contributed by atoms with E-state index >= 15 is 0 Å². The molecule has 0 aromatic heterocycles. The Morgan fingerprint density at radius 3 is 1.38 bits per heavy atom. The van der Waals surface area contributed by atoms with Crippen LogP contribution in [-0.4, -0.2) is 0 Å². The number of hydrogen-bond acceptors (Lipinski definition) is 0. The molecule has 37 heavy (non-hydrogen) atoms. The van der Waals surface area contributed by atoms with Gasteiger partial charge in [0.2, 0.25) is 0 Å². The van der Waals surface area contributed by atoms with Crippen molar-refractivity contribution < 1.29 is 21.7 Å². The summed E-state index contributed by atoms with van der Waals surface area (Å²) in [4.78, 5) is 0. The fraction of sp³-hybridized carbons (Fsp3) is 0.222. The first-order valence-electron chi connectivity index (χ1n) is 12.9. The fourth-order valence-corrected chi connectivity index (χ4v) is 7.45. The van der Waals surface area contributed by atoms with Crippen LogP contribution in [0.5, 0.6) is 0 Å². The van der Waals surface area contributed by atoms with E-state index < -0.39 is 0 Å². The molecule has 0 bridgehead atoms. The Kier molecular flexibility index (Phi) is 6.50. The second kappa shape index (κ2) is 9.26. The van der Waals surface area contributed by atoms with Crippen molar-refractivity contribution in [3.8, 4) is 0 Å². The van der Waals surface area contributed by atoms with E-state index in [4.69, 9.17) is 0 Å². The van der Waals surface area contributed by atoms with Gasteiger partial charge in [0.15, 0.2) is 0 Å². The standard InChI is InChI=1S/C34H28.2CH3.Ti/c1-19-15-29-27-7-3-5-21-9-11-23(33(21)27)17-31(29)25(19)13-14-26-20(2)16-30-28-8-4-6-22-10-12-24(34(22)28)18-32(26)30;;;/h3-8,15-18H,9-14H2,1-2H3;2*1H3;/q-2;2*-1;+4.